The zero-order valence-electron chi connectivity index (χ0n) is 16.9. The highest BCUT2D eigenvalue weighted by Crippen LogP contribution is 2.22. The first-order chi connectivity index (χ1) is 15.6. The van der Waals surface area contributed by atoms with Crippen LogP contribution in [0.25, 0.3) is 21.9 Å². The number of fused-ring (bicyclic) bond motifs is 2. The van der Waals surface area contributed by atoms with Crippen molar-refractivity contribution in [3.8, 4) is 0 Å². The fourth-order valence-electron chi connectivity index (χ4n) is 3.64. The second-order valence-corrected chi connectivity index (χ2v) is 7.79. The first-order valence-corrected chi connectivity index (χ1v) is 10.4. The monoisotopic (exact) mass is 448 g/mol. The maximum Gasteiger partial charge on any atom is 0.272 e. The van der Waals surface area contributed by atoms with E-state index in [0.29, 0.717) is 35.6 Å². The van der Waals surface area contributed by atoms with Crippen molar-refractivity contribution in [3.05, 3.63) is 88.8 Å². The highest BCUT2D eigenvalue weighted by Gasteiger charge is 2.18. The maximum absolute atomic E-state index is 13.9. The molecule has 2 heterocycles. The van der Waals surface area contributed by atoms with Crippen molar-refractivity contribution in [1.82, 2.24) is 30.1 Å². The minimum atomic E-state index is -0.424. The largest absolute Gasteiger partial charge is 0.349 e. The van der Waals surface area contributed by atoms with Gasteiger partial charge in [-0.3, -0.25) is 9.48 Å². The van der Waals surface area contributed by atoms with Crippen molar-refractivity contribution in [3.63, 3.8) is 0 Å². The number of amides is 1. The summed E-state index contributed by atoms with van der Waals surface area (Å²) in [5.41, 5.74) is 3.50. The predicted octanol–water partition coefficient (Wildman–Crippen LogP) is 4.05. The molecule has 1 N–H and O–H groups in total. The average molecular weight is 449 g/mol. The maximum atomic E-state index is 13.9. The van der Waals surface area contributed by atoms with Gasteiger partial charge in [-0.15, -0.1) is 5.10 Å². The molecule has 3 aromatic carbocycles. The van der Waals surface area contributed by atoms with Crippen LogP contribution in [0.1, 0.15) is 16.1 Å². The Bertz CT molecular complexity index is 1430. The summed E-state index contributed by atoms with van der Waals surface area (Å²) in [4.78, 5) is 12.9. The van der Waals surface area contributed by atoms with Gasteiger partial charge in [0.1, 0.15) is 11.3 Å². The van der Waals surface area contributed by atoms with Crippen LogP contribution in [0.2, 0.25) is 5.02 Å². The van der Waals surface area contributed by atoms with Gasteiger partial charge in [-0.1, -0.05) is 41.1 Å². The Kier molecular flexibility index (Phi) is 5.28. The Morgan fingerprint density at radius 2 is 1.81 bits per heavy atom. The second-order valence-electron chi connectivity index (χ2n) is 7.35. The van der Waals surface area contributed by atoms with E-state index in [-0.39, 0.29) is 11.6 Å². The lowest BCUT2D eigenvalue weighted by atomic mass is 10.2. The van der Waals surface area contributed by atoms with Gasteiger partial charge in [0.15, 0.2) is 5.69 Å². The number of hydrogen-bond donors (Lipinski definition) is 1. The molecule has 2 aromatic heterocycles. The molecule has 0 unspecified atom stereocenters. The quantitative estimate of drug-likeness (QED) is 0.425. The second kappa shape index (κ2) is 8.39. The number of carbonyl (C=O) groups is 1. The molecule has 0 aliphatic heterocycles. The molecule has 0 aliphatic carbocycles. The molecule has 160 valence electrons. The highest BCUT2D eigenvalue weighted by molar-refractivity contribution is 6.30. The van der Waals surface area contributed by atoms with Gasteiger partial charge in [0.05, 0.1) is 24.1 Å². The molecule has 5 rings (SSSR count). The zero-order chi connectivity index (χ0) is 22.1. The predicted molar refractivity (Wildman–Crippen MR) is 120 cm³/mol. The molecule has 0 bridgehead atoms. The molecule has 7 nitrogen and oxygen atoms in total. The van der Waals surface area contributed by atoms with Crippen LogP contribution < -0.4 is 5.32 Å². The molecule has 0 aliphatic rings. The van der Waals surface area contributed by atoms with Gasteiger partial charge < -0.3 is 5.32 Å². The van der Waals surface area contributed by atoms with E-state index >= 15 is 0 Å². The van der Waals surface area contributed by atoms with Crippen molar-refractivity contribution >= 4 is 39.4 Å². The van der Waals surface area contributed by atoms with Crippen LogP contribution in [-0.4, -0.2) is 37.2 Å². The van der Waals surface area contributed by atoms with Crippen LogP contribution in [0, 0.1) is 5.82 Å². The molecule has 32 heavy (non-hydrogen) atoms. The van der Waals surface area contributed by atoms with Gasteiger partial charge >= 0.3 is 0 Å². The average Bonchev–Trinajstić information content (AvgIpc) is 3.37. The first kappa shape index (κ1) is 20.1. The molecule has 9 heteroatoms. The lowest BCUT2D eigenvalue weighted by Gasteiger charge is -2.05. The molecular formula is C23H18ClFN6O. The Morgan fingerprint density at radius 1 is 1.00 bits per heavy atom. The summed E-state index contributed by atoms with van der Waals surface area (Å²) in [7, 11) is 0. The number of nitrogens with one attached hydrogen (secondary N) is 1. The van der Waals surface area contributed by atoms with Gasteiger partial charge in [0.25, 0.3) is 5.91 Å². The number of halogens is 2. The molecule has 0 saturated heterocycles. The lowest BCUT2D eigenvalue weighted by molar-refractivity contribution is 0.0947. The third-order valence-corrected chi connectivity index (χ3v) is 5.45. The number of rotatable bonds is 6. The minimum absolute atomic E-state index is 0.178. The Labute approximate surface area is 187 Å². The van der Waals surface area contributed by atoms with Crippen LogP contribution >= 0.6 is 11.6 Å². The molecule has 0 spiro atoms. The third-order valence-electron chi connectivity index (χ3n) is 5.20. The van der Waals surface area contributed by atoms with E-state index < -0.39 is 5.82 Å². The van der Waals surface area contributed by atoms with E-state index in [1.165, 1.54) is 12.1 Å². The number of hydrogen-bond acceptors (Lipinski definition) is 4. The molecule has 5 aromatic rings. The molecule has 0 saturated carbocycles. The number of benzene rings is 3. The molecule has 1 amide bonds. The van der Waals surface area contributed by atoms with Crippen LogP contribution in [0.15, 0.2) is 66.7 Å². The molecule has 0 radical (unpaired) electrons. The summed E-state index contributed by atoms with van der Waals surface area (Å²) < 4.78 is 17.4. The Balaban J connectivity index is 1.37. The summed E-state index contributed by atoms with van der Waals surface area (Å²) >= 11 is 5.96. The van der Waals surface area contributed by atoms with Crippen LogP contribution in [0.5, 0.6) is 0 Å². The Hall–Kier alpha value is -3.78. The molecular weight excluding hydrogens is 431 g/mol. The first-order valence-electron chi connectivity index (χ1n) is 10.1. The van der Waals surface area contributed by atoms with Gasteiger partial charge in [-0.05, 0) is 48.0 Å². The van der Waals surface area contributed by atoms with E-state index in [1.54, 1.807) is 27.6 Å². The fraction of sp³-hybridized carbons (Fsp3) is 0.130. The van der Waals surface area contributed by atoms with E-state index in [2.05, 4.69) is 20.7 Å². The molecule has 0 atom stereocenters. The van der Waals surface area contributed by atoms with Gasteiger partial charge in [-0.25, -0.2) is 9.07 Å². The van der Waals surface area contributed by atoms with E-state index in [9.17, 15) is 9.18 Å². The summed E-state index contributed by atoms with van der Waals surface area (Å²) in [6.07, 6.45) is 0. The highest BCUT2D eigenvalue weighted by atomic mass is 35.5. The number of nitrogens with zero attached hydrogens (tertiary/aromatic N) is 5. The summed E-state index contributed by atoms with van der Waals surface area (Å²) in [6.45, 7) is 1.20. The summed E-state index contributed by atoms with van der Waals surface area (Å²) in [5, 5.41) is 16.7. The van der Waals surface area contributed by atoms with Crippen molar-refractivity contribution < 1.29 is 9.18 Å². The van der Waals surface area contributed by atoms with Crippen LogP contribution in [-0.2, 0) is 13.1 Å². The van der Waals surface area contributed by atoms with Gasteiger partial charge in [0.2, 0.25) is 0 Å². The number of carbonyl (C=O) groups excluding carboxylic acids is 1. The van der Waals surface area contributed by atoms with Crippen LogP contribution in [0.3, 0.4) is 0 Å². The topological polar surface area (TPSA) is 77.6 Å². The summed E-state index contributed by atoms with van der Waals surface area (Å²) in [5.74, 6) is -0.799. The fourth-order valence-corrected chi connectivity index (χ4v) is 3.77. The van der Waals surface area contributed by atoms with Crippen molar-refractivity contribution in [1.29, 1.82) is 0 Å². The van der Waals surface area contributed by atoms with Gasteiger partial charge in [-0.2, -0.15) is 5.10 Å². The third kappa shape index (κ3) is 3.92. The van der Waals surface area contributed by atoms with E-state index in [1.807, 2.05) is 36.4 Å². The molecule has 0 fully saturated rings. The standard InChI is InChI=1S/C23H18ClFN6O/c24-16-7-5-15(6-8-16)14-31-20-10-9-17(25)13-18(20)22(28-31)23(32)26-11-12-30-21-4-2-1-3-19(21)27-29-30/h1-10,13H,11-12,14H2,(H,26,32). The normalized spacial score (nSPS) is 11.3. The van der Waals surface area contributed by atoms with E-state index in [0.717, 1.165) is 16.6 Å². The lowest BCUT2D eigenvalue weighted by Crippen LogP contribution is -2.28. The smallest absolute Gasteiger partial charge is 0.272 e. The van der Waals surface area contributed by atoms with E-state index in [4.69, 9.17) is 11.6 Å². The number of aromatic nitrogens is 5. The zero-order valence-corrected chi connectivity index (χ0v) is 17.6. The summed E-state index contributed by atoms with van der Waals surface area (Å²) in [6, 6.07) is 19.3. The van der Waals surface area contributed by atoms with Crippen LogP contribution in [0.4, 0.5) is 4.39 Å². The minimum Gasteiger partial charge on any atom is -0.349 e. The van der Waals surface area contributed by atoms with Crippen molar-refractivity contribution in [2.45, 2.75) is 13.1 Å². The SMILES string of the molecule is O=C(NCCn1nnc2ccccc21)c1nn(Cc2ccc(Cl)cc2)c2ccc(F)cc12. The number of para-hydroxylation sites is 1. The van der Waals surface area contributed by atoms with Gasteiger partial charge in [0, 0.05) is 17.0 Å². The van der Waals surface area contributed by atoms with Crippen molar-refractivity contribution in [2.24, 2.45) is 0 Å². The van der Waals surface area contributed by atoms with Crippen molar-refractivity contribution in [2.75, 3.05) is 6.54 Å². The Morgan fingerprint density at radius 3 is 2.66 bits per heavy atom.